The second-order valence-corrected chi connectivity index (χ2v) is 8.49. The van der Waals surface area contributed by atoms with E-state index in [0.29, 0.717) is 31.1 Å². The van der Waals surface area contributed by atoms with E-state index in [1.807, 2.05) is 44.2 Å². The van der Waals surface area contributed by atoms with Gasteiger partial charge in [0.15, 0.2) is 0 Å². The monoisotopic (exact) mass is 442 g/mol. The molecule has 2 aromatic carbocycles. The topological polar surface area (TPSA) is 76.7 Å². The third kappa shape index (κ3) is 9.27. The predicted octanol–water partition coefficient (Wildman–Crippen LogP) is 4.59. The second-order valence-electron chi connectivity index (χ2n) is 8.49. The van der Waals surface area contributed by atoms with Gasteiger partial charge in [0.2, 0.25) is 0 Å². The van der Waals surface area contributed by atoms with Crippen LogP contribution in [0.1, 0.15) is 44.7 Å². The van der Waals surface area contributed by atoms with Crippen molar-refractivity contribution in [3.63, 3.8) is 0 Å². The average Bonchev–Trinajstić information content (AvgIpc) is 2.77. The maximum absolute atomic E-state index is 14.1. The van der Waals surface area contributed by atoms with Crippen LogP contribution in [0.4, 0.5) is 15.8 Å². The normalized spacial score (nSPS) is 12.2. The van der Waals surface area contributed by atoms with Gasteiger partial charge in [-0.1, -0.05) is 55.5 Å². The van der Waals surface area contributed by atoms with Crippen molar-refractivity contribution in [1.82, 2.24) is 0 Å². The lowest BCUT2D eigenvalue weighted by Gasteiger charge is -2.18. The van der Waals surface area contributed by atoms with Crippen LogP contribution in [0.15, 0.2) is 42.5 Å². The van der Waals surface area contributed by atoms with E-state index in [-0.39, 0.29) is 24.3 Å². The van der Waals surface area contributed by atoms with Gasteiger partial charge >= 0.3 is 0 Å². The van der Waals surface area contributed by atoms with Gasteiger partial charge < -0.3 is 25.6 Å². The van der Waals surface area contributed by atoms with Crippen LogP contribution >= 0.6 is 0 Å². The van der Waals surface area contributed by atoms with Crippen LogP contribution in [0, 0.1) is 23.1 Å². The molecule has 2 aromatic rings. The van der Waals surface area contributed by atoms with Crippen LogP contribution in [-0.4, -0.2) is 37.6 Å². The Bertz CT molecular complexity index is 891. The molecule has 5 nitrogen and oxygen atoms in total. The summed E-state index contributed by atoms with van der Waals surface area (Å²) in [5.74, 6) is 5.77. The molecule has 0 amide bonds. The summed E-state index contributed by atoms with van der Waals surface area (Å²) in [6.07, 6.45) is 1.34. The predicted molar refractivity (Wildman–Crippen MR) is 128 cm³/mol. The van der Waals surface area contributed by atoms with Crippen LogP contribution in [0.2, 0.25) is 0 Å². The molecule has 0 aliphatic carbocycles. The highest BCUT2D eigenvalue weighted by Crippen LogP contribution is 2.23. The van der Waals surface area contributed by atoms with Gasteiger partial charge in [-0.15, -0.1) is 0 Å². The number of nitrogens with one attached hydrogen (secondary N) is 1. The highest BCUT2D eigenvalue weighted by atomic mass is 19.1. The molecular weight excluding hydrogens is 407 g/mol. The first-order chi connectivity index (χ1) is 15.3. The standard InChI is InChI=1S/C26H35FN2O3/c1-4-5-13-31-19-26(2,3)12-11-21-14-24(28)23(27)15-25(21)29-16-22(30)18-32-17-20-9-7-6-8-10-20/h6-10,14-15,22,29-30H,4-5,13,16-19,28H2,1-3H3. The Hall–Kier alpha value is -2.59. The van der Waals surface area contributed by atoms with Crippen molar-refractivity contribution in [2.24, 2.45) is 5.41 Å². The molecule has 0 saturated heterocycles. The van der Waals surface area contributed by atoms with Crippen molar-refractivity contribution in [3.05, 3.63) is 59.4 Å². The van der Waals surface area contributed by atoms with Gasteiger partial charge in [0.05, 0.1) is 37.3 Å². The van der Waals surface area contributed by atoms with E-state index in [0.717, 1.165) is 18.4 Å². The molecule has 6 heteroatoms. The summed E-state index contributed by atoms with van der Waals surface area (Å²) in [5, 5.41) is 13.3. The van der Waals surface area contributed by atoms with Crippen molar-refractivity contribution < 1.29 is 19.0 Å². The number of hydrogen-bond acceptors (Lipinski definition) is 5. The number of nitrogen functional groups attached to an aromatic ring is 1. The van der Waals surface area contributed by atoms with Crippen molar-refractivity contribution in [2.75, 3.05) is 37.4 Å². The number of aliphatic hydroxyl groups is 1. The molecule has 0 spiro atoms. The van der Waals surface area contributed by atoms with E-state index in [1.165, 1.54) is 12.1 Å². The summed E-state index contributed by atoms with van der Waals surface area (Å²) in [5.41, 5.74) is 7.51. The number of anilines is 2. The third-order valence-electron chi connectivity index (χ3n) is 4.73. The number of hydrogen-bond donors (Lipinski definition) is 3. The molecule has 0 aromatic heterocycles. The van der Waals surface area contributed by atoms with Gasteiger partial charge in [-0.3, -0.25) is 0 Å². The van der Waals surface area contributed by atoms with E-state index < -0.39 is 11.9 Å². The number of halogens is 1. The smallest absolute Gasteiger partial charge is 0.148 e. The van der Waals surface area contributed by atoms with Crippen LogP contribution in [0.5, 0.6) is 0 Å². The maximum atomic E-state index is 14.1. The quantitative estimate of drug-likeness (QED) is 0.255. The zero-order chi connectivity index (χ0) is 23.4. The average molecular weight is 443 g/mol. The molecule has 1 atom stereocenters. The molecule has 0 aliphatic rings. The highest BCUT2D eigenvalue weighted by Gasteiger charge is 2.15. The third-order valence-corrected chi connectivity index (χ3v) is 4.73. The number of unbranched alkanes of at least 4 members (excludes halogenated alkanes) is 1. The van der Waals surface area contributed by atoms with E-state index in [2.05, 4.69) is 24.1 Å². The minimum Gasteiger partial charge on any atom is -0.396 e. The summed E-state index contributed by atoms with van der Waals surface area (Å²) in [6, 6.07) is 12.6. The Morgan fingerprint density at radius 1 is 1.19 bits per heavy atom. The zero-order valence-corrected chi connectivity index (χ0v) is 19.3. The van der Waals surface area contributed by atoms with Crippen molar-refractivity contribution in [3.8, 4) is 11.8 Å². The lowest BCUT2D eigenvalue weighted by atomic mass is 9.95. The number of aliphatic hydroxyl groups excluding tert-OH is 1. The Morgan fingerprint density at radius 2 is 1.94 bits per heavy atom. The summed E-state index contributed by atoms with van der Waals surface area (Å²) in [7, 11) is 0. The molecular formula is C26H35FN2O3. The Kier molecular flexibility index (Phi) is 10.5. The summed E-state index contributed by atoms with van der Waals surface area (Å²) in [6.45, 7) is 8.10. The van der Waals surface area contributed by atoms with E-state index in [1.54, 1.807) is 0 Å². The second kappa shape index (κ2) is 13.1. The zero-order valence-electron chi connectivity index (χ0n) is 19.3. The SMILES string of the molecule is CCCCOCC(C)(C)C#Cc1cc(N)c(F)cc1NCC(O)COCc1ccccc1. The minimum absolute atomic E-state index is 0.0311. The lowest BCUT2D eigenvalue weighted by Crippen LogP contribution is -2.25. The van der Waals surface area contributed by atoms with Crippen LogP contribution in [-0.2, 0) is 16.1 Å². The molecule has 1 unspecified atom stereocenters. The summed E-state index contributed by atoms with van der Waals surface area (Å²) >= 11 is 0. The molecule has 0 fully saturated rings. The van der Waals surface area contributed by atoms with Gasteiger partial charge in [0, 0.05) is 30.2 Å². The van der Waals surface area contributed by atoms with Gasteiger partial charge in [-0.25, -0.2) is 4.39 Å². The number of ether oxygens (including phenoxy) is 2. The first-order valence-corrected chi connectivity index (χ1v) is 11.0. The van der Waals surface area contributed by atoms with Crippen molar-refractivity contribution in [1.29, 1.82) is 0 Å². The van der Waals surface area contributed by atoms with Crippen LogP contribution in [0.25, 0.3) is 0 Å². The summed E-state index contributed by atoms with van der Waals surface area (Å²) in [4.78, 5) is 0. The molecule has 0 aliphatic heterocycles. The van der Waals surface area contributed by atoms with Gasteiger partial charge in [0.25, 0.3) is 0 Å². The van der Waals surface area contributed by atoms with Crippen molar-refractivity contribution >= 4 is 11.4 Å². The Balaban J connectivity index is 1.95. The molecule has 0 radical (unpaired) electrons. The highest BCUT2D eigenvalue weighted by molar-refractivity contribution is 5.65. The fraction of sp³-hybridized carbons (Fsp3) is 0.462. The van der Waals surface area contributed by atoms with Gasteiger partial charge in [-0.2, -0.15) is 0 Å². The van der Waals surface area contributed by atoms with Gasteiger partial charge in [-0.05, 0) is 31.9 Å². The van der Waals surface area contributed by atoms with Crippen LogP contribution < -0.4 is 11.1 Å². The molecule has 0 heterocycles. The molecule has 0 saturated carbocycles. The largest absolute Gasteiger partial charge is 0.396 e. The molecule has 174 valence electrons. The lowest BCUT2D eigenvalue weighted by molar-refractivity contribution is 0.0348. The fourth-order valence-electron chi connectivity index (χ4n) is 2.86. The molecule has 0 bridgehead atoms. The summed E-state index contributed by atoms with van der Waals surface area (Å²) < 4.78 is 25.3. The van der Waals surface area contributed by atoms with E-state index >= 15 is 0 Å². The Labute approximate surface area is 191 Å². The first kappa shape index (κ1) is 25.7. The van der Waals surface area contributed by atoms with E-state index in [4.69, 9.17) is 15.2 Å². The minimum atomic E-state index is -0.761. The number of rotatable bonds is 12. The maximum Gasteiger partial charge on any atom is 0.148 e. The number of benzene rings is 2. The van der Waals surface area contributed by atoms with Gasteiger partial charge in [0.1, 0.15) is 5.82 Å². The fourth-order valence-corrected chi connectivity index (χ4v) is 2.86. The molecule has 32 heavy (non-hydrogen) atoms. The number of nitrogens with two attached hydrogens (primary N) is 1. The molecule has 2 rings (SSSR count). The van der Waals surface area contributed by atoms with Crippen LogP contribution in [0.3, 0.4) is 0 Å². The van der Waals surface area contributed by atoms with Crippen molar-refractivity contribution in [2.45, 2.75) is 46.3 Å². The molecule has 4 N–H and O–H groups in total. The first-order valence-electron chi connectivity index (χ1n) is 11.0. The van der Waals surface area contributed by atoms with E-state index in [9.17, 15) is 9.50 Å². The Morgan fingerprint density at radius 3 is 2.66 bits per heavy atom.